The Kier molecular flexibility index (Phi) is 6.12. The van der Waals surface area contributed by atoms with E-state index in [9.17, 15) is 4.79 Å². The van der Waals surface area contributed by atoms with Crippen LogP contribution in [-0.4, -0.2) is 23.7 Å². The fourth-order valence-electron chi connectivity index (χ4n) is 2.89. The van der Waals surface area contributed by atoms with E-state index in [2.05, 4.69) is 15.6 Å². The van der Waals surface area contributed by atoms with Crippen LogP contribution in [0.15, 0.2) is 42.6 Å². The van der Waals surface area contributed by atoms with Gasteiger partial charge in [0.15, 0.2) is 0 Å². The van der Waals surface area contributed by atoms with Crippen LogP contribution in [0.4, 0.5) is 10.5 Å². The molecule has 0 aliphatic heterocycles. The van der Waals surface area contributed by atoms with Gasteiger partial charge in [0.1, 0.15) is 5.75 Å². The quantitative estimate of drug-likeness (QED) is 0.802. The van der Waals surface area contributed by atoms with E-state index < -0.39 is 0 Å². The molecule has 0 atom stereocenters. The van der Waals surface area contributed by atoms with Gasteiger partial charge in [-0.25, -0.2) is 4.79 Å². The Hall–Kier alpha value is -2.27. The molecule has 2 amide bonds. The Balaban J connectivity index is 1.46. The summed E-state index contributed by atoms with van der Waals surface area (Å²) >= 11 is 6.27. The van der Waals surface area contributed by atoms with Gasteiger partial charge in [-0.3, -0.25) is 4.98 Å². The van der Waals surface area contributed by atoms with Crippen molar-refractivity contribution in [3.63, 3.8) is 0 Å². The third kappa shape index (κ3) is 5.36. The number of aromatic nitrogens is 1. The number of hydrogen-bond donors (Lipinski definition) is 2. The summed E-state index contributed by atoms with van der Waals surface area (Å²) in [5.41, 5.74) is 1.58. The smallest absolute Gasteiger partial charge is 0.319 e. The van der Waals surface area contributed by atoms with E-state index in [-0.39, 0.29) is 12.1 Å². The van der Waals surface area contributed by atoms with E-state index in [0.717, 1.165) is 18.5 Å². The monoisotopic (exact) mass is 359 g/mol. The summed E-state index contributed by atoms with van der Waals surface area (Å²) < 4.78 is 5.91. The minimum absolute atomic E-state index is 0.256. The maximum Gasteiger partial charge on any atom is 0.319 e. The Labute approximate surface area is 152 Å². The molecule has 0 saturated heterocycles. The normalized spacial score (nSPS) is 14.3. The van der Waals surface area contributed by atoms with Crippen LogP contribution in [0, 0.1) is 0 Å². The van der Waals surface area contributed by atoms with Gasteiger partial charge >= 0.3 is 6.03 Å². The lowest BCUT2D eigenvalue weighted by Crippen LogP contribution is -2.30. The Morgan fingerprint density at radius 2 is 2.08 bits per heavy atom. The summed E-state index contributed by atoms with van der Waals surface area (Å²) in [4.78, 5) is 16.2. The molecular weight excluding hydrogens is 338 g/mol. The van der Waals surface area contributed by atoms with Crippen molar-refractivity contribution < 1.29 is 9.53 Å². The van der Waals surface area contributed by atoms with Crippen molar-refractivity contribution in [2.24, 2.45) is 0 Å². The van der Waals surface area contributed by atoms with Gasteiger partial charge in [-0.15, -0.1) is 0 Å². The number of anilines is 1. The van der Waals surface area contributed by atoms with Gasteiger partial charge in [-0.05, 0) is 56.0 Å². The highest BCUT2D eigenvalue weighted by Gasteiger charge is 2.17. The summed E-state index contributed by atoms with van der Waals surface area (Å²) in [7, 11) is 0. The molecule has 1 aromatic carbocycles. The highest BCUT2D eigenvalue weighted by molar-refractivity contribution is 6.32. The lowest BCUT2D eigenvalue weighted by Gasteiger charge is -2.15. The molecule has 0 unspecified atom stereocenters. The van der Waals surface area contributed by atoms with Crippen LogP contribution in [0.3, 0.4) is 0 Å². The van der Waals surface area contributed by atoms with Gasteiger partial charge in [0.2, 0.25) is 0 Å². The van der Waals surface area contributed by atoms with Gasteiger partial charge in [0, 0.05) is 30.5 Å². The molecule has 1 heterocycles. The molecule has 6 heteroatoms. The van der Waals surface area contributed by atoms with Gasteiger partial charge < -0.3 is 15.4 Å². The first-order valence-corrected chi connectivity index (χ1v) is 8.99. The second-order valence-corrected chi connectivity index (χ2v) is 6.53. The Morgan fingerprint density at radius 3 is 2.80 bits per heavy atom. The van der Waals surface area contributed by atoms with Crippen molar-refractivity contribution in [2.45, 2.75) is 38.2 Å². The second-order valence-electron chi connectivity index (χ2n) is 6.12. The average molecular weight is 360 g/mol. The molecule has 3 rings (SSSR count). The molecule has 2 aromatic rings. The zero-order valence-electron chi connectivity index (χ0n) is 14.0. The summed E-state index contributed by atoms with van der Waals surface area (Å²) in [6, 6.07) is 10.8. The summed E-state index contributed by atoms with van der Waals surface area (Å²) in [6.07, 6.45) is 7.26. The van der Waals surface area contributed by atoms with Crippen LogP contribution in [0.5, 0.6) is 5.75 Å². The van der Waals surface area contributed by atoms with Crippen molar-refractivity contribution in [2.75, 3.05) is 11.9 Å². The number of nitrogens with one attached hydrogen (secondary N) is 2. The Morgan fingerprint density at radius 1 is 1.24 bits per heavy atom. The van der Waals surface area contributed by atoms with Crippen LogP contribution in [-0.2, 0) is 6.42 Å². The molecule has 0 spiro atoms. The number of rotatable bonds is 6. The molecule has 2 N–H and O–H groups in total. The maximum absolute atomic E-state index is 12.0. The average Bonchev–Trinajstić information content (AvgIpc) is 3.11. The molecule has 1 fully saturated rings. The minimum atomic E-state index is -0.267. The summed E-state index contributed by atoms with van der Waals surface area (Å²) in [5.74, 6) is 0.676. The zero-order chi connectivity index (χ0) is 17.5. The molecule has 0 bridgehead atoms. The van der Waals surface area contributed by atoms with Crippen molar-refractivity contribution in [1.82, 2.24) is 10.3 Å². The maximum atomic E-state index is 12.0. The van der Waals surface area contributed by atoms with E-state index in [0.29, 0.717) is 29.4 Å². The molecule has 1 aliphatic rings. The van der Waals surface area contributed by atoms with Gasteiger partial charge in [-0.2, -0.15) is 0 Å². The molecule has 1 aliphatic carbocycles. The van der Waals surface area contributed by atoms with Gasteiger partial charge in [0.25, 0.3) is 0 Å². The summed E-state index contributed by atoms with van der Waals surface area (Å²) in [5, 5.41) is 6.10. The first-order valence-electron chi connectivity index (χ1n) is 8.62. The predicted molar refractivity (Wildman–Crippen MR) is 99.3 cm³/mol. The highest BCUT2D eigenvalue weighted by Crippen LogP contribution is 2.31. The third-order valence-corrected chi connectivity index (χ3v) is 4.47. The third-order valence-electron chi connectivity index (χ3n) is 4.18. The van der Waals surface area contributed by atoms with Crippen LogP contribution in [0.25, 0.3) is 0 Å². The number of carbonyl (C=O) groups excluding carboxylic acids is 1. The number of ether oxygens (including phenoxy) is 1. The number of benzene rings is 1. The standard InChI is InChI=1S/C19H22ClN3O2/c20-17-13-15(8-9-18(17)25-16-6-1-2-7-16)23-19(24)22-12-10-14-5-3-4-11-21-14/h3-5,8-9,11,13,16H,1-2,6-7,10,12H2,(H2,22,23,24). The van der Waals surface area contributed by atoms with E-state index in [1.807, 2.05) is 24.3 Å². The van der Waals surface area contributed by atoms with Crippen LogP contribution in [0.1, 0.15) is 31.4 Å². The van der Waals surface area contributed by atoms with Crippen molar-refractivity contribution in [1.29, 1.82) is 0 Å². The lowest BCUT2D eigenvalue weighted by molar-refractivity contribution is 0.210. The number of amides is 2. The fourth-order valence-corrected chi connectivity index (χ4v) is 3.11. The van der Waals surface area contributed by atoms with Crippen LogP contribution in [0.2, 0.25) is 5.02 Å². The Bertz CT molecular complexity index is 703. The van der Waals surface area contributed by atoms with E-state index in [1.165, 1.54) is 12.8 Å². The molecule has 25 heavy (non-hydrogen) atoms. The first-order chi connectivity index (χ1) is 12.2. The van der Waals surface area contributed by atoms with Crippen molar-refractivity contribution in [3.8, 4) is 5.75 Å². The first kappa shape index (κ1) is 17.5. The number of pyridine rings is 1. The molecule has 5 nitrogen and oxygen atoms in total. The highest BCUT2D eigenvalue weighted by atomic mass is 35.5. The molecular formula is C19H22ClN3O2. The number of nitrogens with zero attached hydrogens (tertiary/aromatic N) is 1. The minimum Gasteiger partial charge on any atom is -0.489 e. The molecule has 1 saturated carbocycles. The lowest BCUT2D eigenvalue weighted by atomic mass is 10.2. The number of carbonyl (C=O) groups is 1. The van der Waals surface area contributed by atoms with E-state index in [4.69, 9.17) is 16.3 Å². The molecule has 132 valence electrons. The fraction of sp³-hybridized carbons (Fsp3) is 0.368. The van der Waals surface area contributed by atoms with Crippen LogP contribution >= 0.6 is 11.6 Å². The largest absolute Gasteiger partial charge is 0.489 e. The van der Waals surface area contributed by atoms with E-state index >= 15 is 0 Å². The zero-order valence-corrected chi connectivity index (χ0v) is 14.8. The van der Waals surface area contributed by atoms with Crippen molar-refractivity contribution >= 4 is 23.3 Å². The SMILES string of the molecule is O=C(NCCc1ccccn1)Nc1ccc(OC2CCCC2)c(Cl)c1. The number of urea groups is 1. The van der Waals surface area contributed by atoms with Crippen LogP contribution < -0.4 is 15.4 Å². The second kappa shape index (κ2) is 8.72. The predicted octanol–water partition coefficient (Wildman–Crippen LogP) is 4.42. The van der Waals surface area contributed by atoms with E-state index in [1.54, 1.807) is 18.3 Å². The number of hydrogen-bond acceptors (Lipinski definition) is 3. The molecule has 1 aromatic heterocycles. The molecule has 0 radical (unpaired) electrons. The number of halogens is 1. The summed E-state index contributed by atoms with van der Waals surface area (Å²) in [6.45, 7) is 0.513. The topological polar surface area (TPSA) is 63.2 Å². The van der Waals surface area contributed by atoms with Crippen molar-refractivity contribution in [3.05, 3.63) is 53.3 Å². The van der Waals surface area contributed by atoms with Gasteiger partial charge in [0.05, 0.1) is 11.1 Å². The van der Waals surface area contributed by atoms with Gasteiger partial charge in [-0.1, -0.05) is 17.7 Å².